The third-order valence-corrected chi connectivity index (χ3v) is 4.56. The molecular weight excluding hydrogens is 434 g/mol. The maximum Gasteiger partial charge on any atom is 0.311 e. The molecule has 0 amide bonds. The predicted octanol–water partition coefficient (Wildman–Crippen LogP) is 4.25. The lowest BCUT2D eigenvalue weighted by molar-refractivity contribution is -0.142. The Bertz CT molecular complexity index is 795. The number of nitrogens with one attached hydrogen (secondary N) is 1. The average molecular weight is 456 g/mol. The van der Waals surface area contributed by atoms with Crippen LogP contribution in [0, 0.1) is 0 Å². The van der Waals surface area contributed by atoms with E-state index in [9.17, 15) is 4.79 Å². The van der Waals surface area contributed by atoms with Gasteiger partial charge in [0.1, 0.15) is 0 Å². The summed E-state index contributed by atoms with van der Waals surface area (Å²) in [6.07, 6.45) is 1.81. The number of carbonyl (C=O) groups excluding carboxylic acids is 1. The normalized spacial score (nSPS) is 10.8. The summed E-state index contributed by atoms with van der Waals surface area (Å²) in [4.78, 5) is 15.8. The molecule has 0 bridgehead atoms. The highest BCUT2D eigenvalue weighted by atomic mass is 79.9. The van der Waals surface area contributed by atoms with Crippen molar-refractivity contribution in [1.29, 1.82) is 0 Å². The average Bonchev–Trinajstić information content (AvgIpc) is 3.05. The summed E-state index contributed by atoms with van der Waals surface area (Å²) >= 11 is 4.87. The molecule has 7 nitrogen and oxygen atoms in total. The second-order valence-corrected chi connectivity index (χ2v) is 6.90. The van der Waals surface area contributed by atoms with Gasteiger partial charge in [0, 0.05) is 5.38 Å². The number of thiazole rings is 1. The molecule has 0 spiro atoms. The van der Waals surface area contributed by atoms with Gasteiger partial charge < -0.3 is 14.2 Å². The number of carbonyl (C=O) groups is 1. The highest BCUT2D eigenvalue weighted by Gasteiger charge is 2.11. The summed E-state index contributed by atoms with van der Waals surface area (Å²) in [5.74, 6) is 1.04. The smallest absolute Gasteiger partial charge is 0.311 e. The first kappa shape index (κ1) is 21.2. The molecule has 0 aliphatic rings. The highest BCUT2D eigenvalue weighted by Crippen LogP contribution is 2.36. The van der Waals surface area contributed by atoms with E-state index in [-0.39, 0.29) is 12.4 Å². The van der Waals surface area contributed by atoms with Crippen molar-refractivity contribution in [2.45, 2.75) is 27.2 Å². The molecule has 0 atom stereocenters. The molecule has 2 rings (SSSR count). The van der Waals surface area contributed by atoms with Gasteiger partial charge in [0.05, 0.1) is 42.6 Å². The van der Waals surface area contributed by atoms with Crippen molar-refractivity contribution in [1.82, 2.24) is 4.98 Å². The summed E-state index contributed by atoms with van der Waals surface area (Å²) in [6.45, 7) is 7.06. The zero-order chi connectivity index (χ0) is 19.6. The van der Waals surface area contributed by atoms with E-state index in [1.165, 1.54) is 11.3 Å². The van der Waals surface area contributed by atoms with Crippen LogP contribution < -0.4 is 14.9 Å². The number of rotatable bonds is 10. The van der Waals surface area contributed by atoms with E-state index in [0.717, 1.165) is 10.0 Å². The third-order valence-electron chi connectivity index (χ3n) is 3.18. The minimum Gasteiger partial charge on any atom is -0.490 e. The highest BCUT2D eigenvalue weighted by molar-refractivity contribution is 9.10. The van der Waals surface area contributed by atoms with Crippen LogP contribution in [0.3, 0.4) is 0 Å². The van der Waals surface area contributed by atoms with Crippen molar-refractivity contribution in [3.05, 3.63) is 33.2 Å². The van der Waals surface area contributed by atoms with Crippen molar-refractivity contribution in [3.63, 3.8) is 0 Å². The van der Waals surface area contributed by atoms with Crippen molar-refractivity contribution in [2.24, 2.45) is 5.10 Å². The van der Waals surface area contributed by atoms with Crippen molar-refractivity contribution < 1.29 is 19.0 Å². The Morgan fingerprint density at radius 3 is 2.74 bits per heavy atom. The van der Waals surface area contributed by atoms with Crippen LogP contribution in [0.15, 0.2) is 27.1 Å². The Labute approximate surface area is 170 Å². The molecule has 0 radical (unpaired) electrons. The summed E-state index contributed by atoms with van der Waals surface area (Å²) in [5.41, 5.74) is 4.36. The van der Waals surface area contributed by atoms with Crippen molar-refractivity contribution in [3.8, 4) is 11.5 Å². The van der Waals surface area contributed by atoms with Gasteiger partial charge in [-0.15, -0.1) is 11.3 Å². The molecule has 1 N–H and O–H groups in total. The quantitative estimate of drug-likeness (QED) is 0.327. The fraction of sp³-hybridized carbons (Fsp3) is 0.389. The largest absolute Gasteiger partial charge is 0.490 e. The van der Waals surface area contributed by atoms with Gasteiger partial charge in [-0.1, -0.05) is 0 Å². The summed E-state index contributed by atoms with van der Waals surface area (Å²) in [6, 6.07) is 3.76. The second-order valence-electron chi connectivity index (χ2n) is 5.19. The lowest BCUT2D eigenvalue weighted by atomic mass is 10.2. The molecule has 0 saturated carbocycles. The molecule has 0 fully saturated rings. The van der Waals surface area contributed by atoms with E-state index in [0.29, 0.717) is 42.1 Å². The third kappa shape index (κ3) is 6.51. The van der Waals surface area contributed by atoms with Gasteiger partial charge in [-0.2, -0.15) is 5.10 Å². The van der Waals surface area contributed by atoms with Gasteiger partial charge in [-0.05, 0) is 54.4 Å². The van der Waals surface area contributed by atoms with Crippen LogP contribution in [0.1, 0.15) is 32.0 Å². The monoisotopic (exact) mass is 455 g/mol. The van der Waals surface area contributed by atoms with Crippen LogP contribution in [0.5, 0.6) is 11.5 Å². The van der Waals surface area contributed by atoms with Gasteiger partial charge in [0.25, 0.3) is 0 Å². The second kappa shape index (κ2) is 10.9. The Morgan fingerprint density at radius 1 is 1.26 bits per heavy atom. The van der Waals surface area contributed by atoms with E-state index in [1.54, 1.807) is 18.5 Å². The van der Waals surface area contributed by atoms with Gasteiger partial charge >= 0.3 is 5.97 Å². The molecule has 9 heteroatoms. The summed E-state index contributed by atoms with van der Waals surface area (Å²) in [5, 5.41) is 6.60. The number of hydrogen-bond donors (Lipinski definition) is 1. The molecule has 2 aromatic rings. The van der Waals surface area contributed by atoms with Crippen LogP contribution in [-0.2, 0) is 16.0 Å². The summed E-state index contributed by atoms with van der Waals surface area (Å²) < 4.78 is 17.0. The standard InChI is InChI=1S/C18H22BrN3O4S/c1-4-24-15-8-12(7-14(19)17(15)26-6-3)10-20-22-18-21-13(11-27-18)9-16(23)25-5-2/h7-8,10-11H,4-6,9H2,1-3H3,(H,21,22)/b20-10-. The number of nitrogens with zero attached hydrogens (tertiary/aromatic N) is 2. The van der Waals surface area contributed by atoms with E-state index < -0.39 is 0 Å². The molecule has 1 aromatic heterocycles. The SMILES string of the molecule is CCOC(=O)Cc1csc(N/N=C\c2cc(Br)c(OCC)c(OCC)c2)n1. The lowest BCUT2D eigenvalue weighted by Crippen LogP contribution is -2.07. The number of ether oxygens (including phenoxy) is 3. The van der Waals surface area contributed by atoms with Gasteiger partial charge in [-0.3, -0.25) is 10.2 Å². The topological polar surface area (TPSA) is 82.0 Å². The number of hydrogen-bond acceptors (Lipinski definition) is 8. The number of aromatic nitrogens is 1. The Kier molecular flexibility index (Phi) is 8.53. The lowest BCUT2D eigenvalue weighted by Gasteiger charge is -2.13. The molecule has 0 aliphatic carbocycles. The molecule has 1 aromatic carbocycles. The fourth-order valence-electron chi connectivity index (χ4n) is 2.17. The molecular formula is C18H22BrN3O4S. The number of halogens is 1. The Morgan fingerprint density at radius 2 is 2.04 bits per heavy atom. The zero-order valence-corrected chi connectivity index (χ0v) is 17.9. The predicted molar refractivity (Wildman–Crippen MR) is 110 cm³/mol. The van der Waals surface area contributed by atoms with E-state index >= 15 is 0 Å². The molecule has 0 aliphatic heterocycles. The maximum atomic E-state index is 11.5. The van der Waals surface area contributed by atoms with Crippen LogP contribution in [0.4, 0.5) is 5.13 Å². The van der Waals surface area contributed by atoms with Gasteiger partial charge in [0.15, 0.2) is 11.5 Å². The van der Waals surface area contributed by atoms with Crippen molar-refractivity contribution in [2.75, 3.05) is 25.2 Å². The number of hydrazone groups is 1. The van der Waals surface area contributed by atoms with Crippen LogP contribution in [0.2, 0.25) is 0 Å². The molecule has 0 unspecified atom stereocenters. The molecule has 146 valence electrons. The molecule has 27 heavy (non-hydrogen) atoms. The van der Waals surface area contributed by atoms with Crippen LogP contribution >= 0.6 is 27.3 Å². The maximum absolute atomic E-state index is 11.5. The van der Waals surface area contributed by atoms with E-state index in [1.807, 2.05) is 26.0 Å². The van der Waals surface area contributed by atoms with E-state index in [2.05, 4.69) is 31.4 Å². The Hall–Kier alpha value is -2.13. The van der Waals surface area contributed by atoms with Crippen LogP contribution in [-0.4, -0.2) is 37.0 Å². The number of benzene rings is 1. The van der Waals surface area contributed by atoms with Crippen molar-refractivity contribution >= 4 is 44.6 Å². The van der Waals surface area contributed by atoms with E-state index in [4.69, 9.17) is 14.2 Å². The Balaban J connectivity index is 2.03. The van der Waals surface area contributed by atoms with Gasteiger partial charge in [-0.25, -0.2) is 4.98 Å². The summed E-state index contributed by atoms with van der Waals surface area (Å²) in [7, 11) is 0. The minimum absolute atomic E-state index is 0.152. The molecule has 0 saturated heterocycles. The van der Waals surface area contributed by atoms with Gasteiger partial charge in [0.2, 0.25) is 5.13 Å². The first-order valence-electron chi connectivity index (χ1n) is 8.55. The molecule has 1 heterocycles. The fourth-order valence-corrected chi connectivity index (χ4v) is 3.40. The first-order valence-corrected chi connectivity index (χ1v) is 10.2. The first-order chi connectivity index (χ1) is 13.1. The minimum atomic E-state index is -0.291. The number of esters is 1. The zero-order valence-electron chi connectivity index (χ0n) is 15.5. The van der Waals surface area contributed by atoms with Crippen LogP contribution in [0.25, 0.3) is 0 Å². The number of anilines is 1.